The maximum Gasteiger partial charge on any atom is 0.291 e. The number of halogens is 1. The Morgan fingerprint density at radius 2 is 1.78 bits per heavy atom. The number of furan rings is 1. The van der Waals surface area contributed by atoms with Gasteiger partial charge in [0, 0.05) is 15.8 Å². The quantitative estimate of drug-likeness (QED) is 0.588. The molecule has 2 N–H and O–H groups in total. The molecule has 2 aromatic carbocycles. The monoisotopic (exact) mass is 450 g/mol. The van der Waals surface area contributed by atoms with E-state index >= 15 is 0 Å². The molecule has 0 radical (unpaired) electrons. The fourth-order valence-electron chi connectivity index (χ4n) is 2.29. The molecule has 0 saturated heterocycles. The SMILES string of the molecule is COc1ccc(NC(=O)c2ccco2)cc1S(=O)(=O)Nc1ccc(Br)cc1. The van der Waals surface area contributed by atoms with Crippen LogP contribution in [0, 0.1) is 0 Å². The zero-order chi connectivity index (χ0) is 19.4. The first kappa shape index (κ1) is 19.0. The molecule has 0 aliphatic heterocycles. The molecule has 1 heterocycles. The molecule has 1 aromatic heterocycles. The molecule has 3 aromatic rings. The normalized spacial score (nSPS) is 11.0. The van der Waals surface area contributed by atoms with E-state index in [0.717, 1.165) is 4.47 Å². The van der Waals surface area contributed by atoms with Gasteiger partial charge in [-0.3, -0.25) is 9.52 Å². The highest BCUT2D eigenvalue weighted by Crippen LogP contribution is 2.29. The summed E-state index contributed by atoms with van der Waals surface area (Å²) >= 11 is 3.30. The third-order valence-corrected chi connectivity index (χ3v) is 5.48. The summed E-state index contributed by atoms with van der Waals surface area (Å²) in [4.78, 5) is 12.0. The molecule has 0 unspecified atom stereocenters. The van der Waals surface area contributed by atoms with Crippen molar-refractivity contribution in [1.82, 2.24) is 0 Å². The minimum Gasteiger partial charge on any atom is -0.495 e. The first-order valence-corrected chi connectivity index (χ1v) is 9.98. The molecular formula is C18H15BrN2O5S. The van der Waals surface area contributed by atoms with Crippen molar-refractivity contribution in [2.45, 2.75) is 4.90 Å². The van der Waals surface area contributed by atoms with Crippen LogP contribution in [0.15, 0.2) is 74.6 Å². The average Bonchev–Trinajstić information content (AvgIpc) is 3.18. The van der Waals surface area contributed by atoms with Gasteiger partial charge in [-0.25, -0.2) is 8.42 Å². The number of rotatable bonds is 6. The van der Waals surface area contributed by atoms with E-state index in [4.69, 9.17) is 9.15 Å². The molecule has 0 aliphatic rings. The van der Waals surface area contributed by atoms with Gasteiger partial charge in [0.25, 0.3) is 15.9 Å². The maximum absolute atomic E-state index is 12.8. The second-order valence-electron chi connectivity index (χ2n) is 5.41. The number of anilines is 2. The molecule has 0 fully saturated rings. The topological polar surface area (TPSA) is 97.6 Å². The van der Waals surface area contributed by atoms with Crippen LogP contribution in [0.5, 0.6) is 5.75 Å². The van der Waals surface area contributed by atoms with E-state index in [2.05, 4.69) is 26.0 Å². The first-order chi connectivity index (χ1) is 12.9. The molecule has 0 spiro atoms. The van der Waals surface area contributed by atoms with Gasteiger partial charge in [-0.2, -0.15) is 0 Å². The van der Waals surface area contributed by atoms with E-state index in [9.17, 15) is 13.2 Å². The summed E-state index contributed by atoms with van der Waals surface area (Å²) in [5.41, 5.74) is 0.679. The number of methoxy groups -OCH3 is 1. The van der Waals surface area contributed by atoms with Crippen molar-refractivity contribution in [3.63, 3.8) is 0 Å². The van der Waals surface area contributed by atoms with Crippen molar-refractivity contribution in [2.75, 3.05) is 17.1 Å². The van der Waals surface area contributed by atoms with Crippen molar-refractivity contribution in [1.29, 1.82) is 0 Å². The first-order valence-electron chi connectivity index (χ1n) is 7.70. The lowest BCUT2D eigenvalue weighted by molar-refractivity contribution is 0.0996. The fraction of sp³-hybridized carbons (Fsp3) is 0.0556. The van der Waals surface area contributed by atoms with Gasteiger partial charge in [0.2, 0.25) is 0 Å². The Labute approximate surface area is 164 Å². The number of ether oxygens (including phenoxy) is 1. The number of hydrogen-bond donors (Lipinski definition) is 2. The minimum absolute atomic E-state index is 0.106. The van der Waals surface area contributed by atoms with Crippen LogP contribution in [0.1, 0.15) is 10.6 Å². The van der Waals surface area contributed by atoms with Gasteiger partial charge >= 0.3 is 0 Å². The van der Waals surface area contributed by atoms with E-state index < -0.39 is 15.9 Å². The summed E-state index contributed by atoms with van der Waals surface area (Å²) in [6, 6.07) is 14.1. The molecule has 1 amide bonds. The van der Waals surface area contributed by atoms with E-state index in [1.807, 2.05) is 0 Å². The molecule has 9 heteroatoms. The lowest BCUT2D eigenvalue weighted by Crippen LogP contribution is -2.16. The molecule has 0 atom stereocenters. The lowest BCUT2D eigenvalue weighted by atomic mass is 10.3. The predicted molar refractivity (Wildman–Crippen MR) is 105 cm³/mol. The highest BCUT2D eigenvalue weighted by molar-refractivity contribution is 9.10. The minimum atomic E-state index is -3.95. The number of amides is 1. The zero-order valence-corrected chi connectivity index (χ0v) is 16.5. The summed E-state index contributed by atoms with van der Waals surface area (Å²) in [7, 11) is -2.58. The molecular weight excluding hydrogens is 436 g/mol. The van der Waals surface area contributed by atoms with Gasteiger partial charge in [-0.15, -0.1) is 0 Å². The molecule has 3 rings (SSSR count). The lowest BCUT2D eigenvalue weighted by Gasteiger charge is -2.13. The molecule has 7 nitrogen and oxygen atoms in total. The van der Waals surface area contributed by atoms with Gasteiger partial charge in [0.15, 0.2) is 5.76 Å². The highest BCUT2D eigenvalue weighted by Gasteiger charge is 2.21. The Bertz CT molecular complexity index is 1050. The standard InChI is InChI=1S/C18H15BrN2O5S/c1-25-15-9-8-14(20-18(22)16-3-2-10-26-16)11-17(15)27(23,24)21-13-6-4-12(19)5-7-13/h2-11,21H,1H3,(H,20,22). The predicted octanol–water partition coefficient (Wildman–Crippen LogP) is 4.10. The van der Waals surface area contributed by atoms with E-state index in [-0.39, 0.29) is 22.1 Å². The molecule has 0 aliphatic carbocycles. The van der Waals surface area contributed by atoms with Gasteiger partial charge in [0.05, 0.1) is 13.4 Å². The summed E-state index contributed by atoms with van der Waals surface area (Å²) in [5.74, 6) is -0.229. The summed E-state index contributed by atoms with van der Waals surface area (Å²) in [6.45, 7) is 0. The van der Waals surface area contributed by atoms with Crippen LogP contribution in [-0.2, 0) is 10.0 Å². The number of nitrogens with one attached hydrogen (secondary N) is 2. The zero-order valence-electron chi connectivity index (χ0n) is 14.1. The largest absolute Gasteiger partial charge is 0.495 e. The Hall–Kier alpha value is -2.78. The Morgan fingerprint density at radius 3 is 2.41 bits per heavy atom. The van der Waals surface area contributed by atoms with Crippen LogP contribution in [0.25, 0.3) is 0 Å². The molecule has 0 bridgehead atoms. The Morgan fingerprint density at radius 1 is 1.07 bits per heavy atom. The van der Waals surface area contributed by atoms with Crippen molar-refractivity contribution in [3.05, 3.63) is 71.1 Å². The van der Waals surface area contributed by atoms with Crippen LogP contribution in [0.3, 0.4) is 0 Å². The Kier molecular flexibility index (Phi) is 5.52. The van der Waals surface area contributed by atoms with Crippen molar-refractivity contribution < 1.29 is 22.4 Å². The second kappa shape index (κ2) is 7.85. The van der Waals surface area contributed by atoms with Crippen molar-refractivity contribution in [2.24, 2.45) is 0 Å². The van der Waals surface area contributed by atoms with Gasteiger partial charge in [-0.05, 0) is 54.6 Å². The second-order valence-corrected chi connectivity index (χ2v) is 7.98. The summed E-state index contributed by atoms with van der Waals surface area (Å²) in [6.07, 6.45) is 1.38. The van der Waals surface area contributed by atoms with E-state index in [1.165, 1.54) is 31.6 Å². The summed E-state index contributed by atoms with van der Waals surface area (Å²) in [5, 5.41) is 2.59. The summed E-state index contributed by atoms with van der Waals surface area (Å²) < 4.78 is 39.1. The van der Waals surface area contributed by atoms with Gasteiger partial charge < -0.3 is 14.5 Å². The number of sulfonamides is 1. The van der Waals surface area contributed by atoms with E-state index in [0.29, 0.717) is 5.69 Å². The van der Waals surface area contributed by atoms with Crippen LogP contribution >= 0.6 is 15.9 Å². The molecule has 27 heavy (non-hydrogen) atoms. The van der Waals surface area contributed by atoms with Crippen LogP contribution < -0.4 is 14.8 Å². The van der Waals surface area contributed by atoms with Gasteiger partial charge in [0.1, 0.15) is 10.6 Å². The smallest absolute Gasteiger partial charge is 0.291 e. The molecule has 140 valence electrons. The van der Waals surface area contributed by atoms with Gasteiger partial charge in [-0.1, -0.05) is 15.9 Å². The van der Waals surface area contributed by atoms with E-state index in [1.54, 1.807) is 36.4 Å². The number of benzene rings is 2. The van der Waals surface area contributed by atoms with Crippen LogP contribution in [0.4, 0.5) is 11.4 Å². The molecule has 0 saturated carbocycles. The number of hydrogen-bond acceptors (Lipinski definition) is 5. The number of carbonyl (C=O) groups excluding carboxylic acids is 1. The Balaban J connectivity index is 1.90. The average molecular weight is 451 g/mol. The number of carbonyl (C=O) groups is 1. The fourth-order valence-corrected chi connectivity index (χ4v) is 3.81. The third-order valence-electron chi connectivity index (χ3n) is 3.55. The van der Waals surface area contributed by atoms with Crippen LogP contribution in [0.2, 0.25) is 0 Å². The maximum atomic E-state index is 12.8. The van der Waals surface area contributed by atoms with Crippen molar-refractivity contribution in [3.8, 4) is 5.75 Å². The highest BCUT2D eigenvalue weighted by atomic mass is 79.9. The van der Waals surface area contributed by atoms with Crippen LogP contribution in [-0.4, -0.2) is 21.4 Å². The third kappa shape index (κ3) is 4.50. The van der Waals surface area contributed by atoms with Crippen molar-refractivity contribution >= 4 is 43.2 Å².